The van der Waals surface area contributed by atoms with E-state index in [2.05, 4.69) is 5.32 Å². The molecule has 2 amide bonds. The van der Waals surface area contributed by atoms with Gasteiger partial charge in [0, 0.05) is 13.0 Å². The lowest BCUT2D eigenvalue weighted by Crippen LogP contribution is -2.32. The zero-order chi connectivity index (χ0) is 15.4. The minimum absolute atomic E-state index is 0.131. The first-order chi connectivity index (χ1) is 9.97. The van der Waals surface area contributed by atoms with Crippen LogP contribution in [0.25, 0.3) is 0 Å². The number of cyclic esters (lactones) is 1. The number of carbonyl (C=O) groups excluding carboxylic acids is 2. The predicted octanol–water partition coefficient (Wildman–Crippen LogP) is 3.01. The standard InChI is InChI=1S/C14H16Cl2N2O3/c1-9(10-2-3-11(15)12(16)8-10)17-13(19)4-5-18-6-7-21-14(18)20/h2-3,8-9H,4-7H2,1H3,(H,17,19)/t9-/m0/s1. The van der Waals surface area contributed by atoms with Gasteiger partial charge in [-0.15, -0.1) is 0 Å². The van der Waals surface area contributed by atoms with Gasteiger partial charge in [-0.1, -0.05) is 29.3 Å². The minimum Gasteiger partial charge on any atom is -0.448 e. The van der Waals surface area contributed by atoms with Gasteiger partial charge in [-0.05, 0) is 24.6 Å². The molecule has 0 unspecified atom stereocenters. The number of hydrogen-bond acceptors (Lipinski definition) is 3. The second-order valence-corrected chi connectivity index (χ2v) is 5.63. The van der Waals surface area contributed by atoms with Crippen molar-refractivity contribution in [1.29, 1.82) is 0 Å². The van der Waals surface area contributed by atoms with Crippen LogP contribution in [0.4, 0.5) is 4.79 Å². The third kappa shape index (κ3) is 4.25. The van der Waals surface area contributed by atoms with Crippen molar-refractivity contribution in [2.75, 3.05) is 19.7 Å². The molecular formula is C14H16Cl2N2O3. The van der Waals surface area contributed by atoms with E-state index in [1.165, 1.54) is 4.90 Å². The Hall–Kier alpha value is -1.46. The van der Waals surface area contributed by atoms with Crippen LogP contribution < -0.4 is 5.32 Å². The molecule has 1 saturated heterocycles. The average molecular weight is 331 g/mol. The lowest BCUT2D eigenvalue weighted by atomic mass is 10.1. The van der Waals surface area contributed by atoms with Crippen LogP contribution in [0.5, 0.6) is 0 Å². The molecule has 1 atom stereocenters. The van der Waals surface area contributed by atoms with Crippen LogP contribution in [0, 0.1) is 0 Å². The molecule has 0 saturated carbocycles. The van der Waals surface area contributed by atoms with Gasteiger partial charge in [-0.3, -0.25) is 4.79 Å². The molecule has 1 aliphatic rings. The molecule has 114 valence electrons. The fourth-order valence-corrected chi connectivity index (χ4v) is 2.35. The van der Waals surface area contributed by atoms with Crippen LogP contribution in [0.1, 0.15) is 24.9 Å². The van der Waals surface area contributed by atoms with E-state index in [0.29, 0.717) is 29.7 Å². The highest BCUT2D eigenvalue weighted by molar-refractivity contribution is 6.42. The molecule has 1 aliphatic heterocycles. The van der Waals surface area contributed by atoms with E-state index >= 15 is 0 Å². The normalized spacial score (nSPS) is 15.8. The van der Waals surface area contributed by atoms with E-state index in [1.54, 1.807) is 12.1 Å². The number of halogens is 2. The predicted molar refractivity (Wildman–Crippen MR) is 80.6 cm³/mol. The molecule has 2 rings (SSSR count). The highest BCUT2D eigenvalue weighted by Crippen LogP contribution is 2.25. The van der Waals surface area contributed by atoms with Crippen molar-refractivity contribution in [3.05, 3.63) is 33.8 Å². The quantitative estimate of drug-likeness (QED) is 0.902. The lowest BCUT2D eigenvalue weighted by Gasteiger charge is -2.16. The van der Waals surface area contributed by atoms with Crippen molar-refractivity contribution in [2.24, 2.45) is 0 Å². The first-order valence-electron chi connectivity index (χ1n) is 6.63. The Bertz CT molecular complexity index is 551. The molecule has 0 aliphatic carbocycles. The van der Waals surface area contributed by atoms with Crippen molar-refractivity contribution < 1.29 is 14.3 Å². The van der Waals surface area contributed by atoms with Crippen molar-refractivity contribution in [3.8, 4) is 0 Å². The lowest BCUT2D eigenvalue weighted by molar-refractivity contribution is -0.121. The molecule has 1 N–H and O–H groups in total. The van der Waals surface area contributed by atoms with Crippen LogP contribution in [-0.2, 0) is 9.53 Å². The number of nitrogens with zero attached hydrogens (tertiary/aromatic N) is 1. The van der Waals surface area contributed by atoms with Crippen LogP contribution in [0.2, 0.25) is 10.0 Å². The van der Waals surface area contributed by atoms with E-state index in [0.717, 1.165) is 5.56 Å². The third-order valence-electron chi connectivity index (χ3n) is 3.27. The third-order valence-corrected chi connectivity index (χ3v) is 4.01. The van der Waals surface area contributed by atoms with Gasteiger partial charge in [0.15, 0.2) is 0 Å². The molecule has 0 spiro atoms. The molecule has 0 aromatic heterocycles. The number of nitrogens with one attached hydrogen (secondary N) is 1. The summed E-state index contributed by atoms with van der Waals surface area (Å²) in [4.78, 5) is 24.7. The van der Waals surface area contributed by atoms with Gasteiger partial charge in [-0.2, -0.15) is 0 Å². The first-order valence-corrected chi connectivity index (χ1v) is 7.39. The van der Waals surface area contributed by atoms with Crippen molar-refractivity contribution in [1.82, 2.24) is 10.2 Å². The van der Waals surface area contributed by atoms with E-state index < -0.39 is 0 Å². The molecule has 0 bridgehead atoms. The zero-order valence-corrected chi connectivity index (χ0v) is 13.1. The molecule has 5 nitrogen and oxygen atoms in total. The van der Waals surface area contributed by atoms with Gasteiger partial charge in [0.25, 0.3) is 0 Å². The number of rotatable bonds is 5. The summed E-state index contributed by atoms with van der Waals surface area (Å²) in [5.74, 6) is -0.131. The molecule has 21 heavy (non-hydrogen) atoms. The Kier molecular flexibility index (Phi) is 5.31. The Morgan fingerprint density at radius 3 is 2.81 bits per heavy atom. The molecule has 1 aromatic carbocycles. The van der Waals surface area contributed by atoms with E-state index in [-0.39, 0.29) is 24.5 Å². The zero-order valence-electron chi connectivity index (χ0n) is 11.6. The minimum atomic E-state index is -0.361. The van der Waals surface area contributed by atoms with Crippen LogP contribution in [-0.4, -0.2) is 36.6 Å². The van der Waals surface area contributed by atoms with Gasteiger partial charge < -0.3 is 15.0 Å². The molecule has 1 aromatic rings. The first kappa shape index (κ1) is 15.9. The Morgan fingerprint density at radius 1 is 1.43 bits per heavy atom. The molecule has 0 radical (unpaired) electrons. The van der Waals surface area contributed by atoms with Gasteiger partial charge in [0.1, 0.15) is 6.61 Å². The maximum atomic E-state index is 11.9. The highest BCUT2D eigenvalue weighted by Gasteiger charge is 2.22. The summed E-state index contributed by atoms with van der Waals surface area (Å²) in [6.07, 6.45) is -0.124. The maximum Gasteiger partial charge on any atom is 0.409 e. The van der Waals surface area contributed by atoms with Gasteiger partial charge in [0.05, 0.1) is 22.6 Å². The molecule has 7 heteroatoms. The highest BCUT2D eigenvalue weighted by atomic mass is 35.5. The molecular weight excluding hydrogens is 315 g/mol. The summed E-state index contributed by atoms with van der Waals surface area (Å²) in [5, 5.41) is 3.79. The number of hydrogen-bond donors (Lipinski definition) is 1. The van der Waals surface area contributed by atoms with Crippen LogP contribution in [0.15, 0.2) is 18.2 Å². The van der Waals surface area contributed by atoms with Crippen molar-refractivity contribution in [2.45, 2.75) is 19.4 Å². The molecule has 1 fully saturated rings. The van der Waals surface area contributed by atoms with Crippen molar-refractivity contribution >= 4 is 35.2 Å². The second kappa shape index (κ2) is 7.00. The summed E-state index contributed by atoms with van der Waals surface area (Å²) >= 11 is 11.8. The Balaban J connectivity index is 1.84. The summed E-state index contributed by atoms with van der Waals surface area (Å²) in [7, 11) is 0. The van der Waals surface area contributed by atoms with Gasteiger partial charge in [-0.25, -0.2) is 4.79 Å². The Morgan fingerprint density at radius 2 is 2.19 bits per heavy atom. The number of ether oxygens (including phenoxy) is 1. The fraction of sp³-hybridized carbons (Fsp3) is 0.429. The molecule has 1 heterocycles. The SMILES string of the molecule is C[C@H](NC(=O)CCN1CCOC1=O)c1ccc(Cl)c(Cl)c1. The van der Waals surface area contributed by atoms with Crippen molar-refractivity contribution in [3.63, 3.8) is 0 Å². The van der Waals surface area contributed by atoms with E-state index in [4.69, 9.17) is 27.9 Å². The Labute approximate surface area is 133 Å². The second-order valence-electron chi connectivity index (χ2n) is 4.81. The van der Waals surface area contributed by atoms with Crippen LogP contribution in [0.3, 0.4) is 0 Å². The van der Waals surface area contributed by atoms with Crippen LogP contribution >= 0.6 is 23.2 Å². The summed E-state index contributed by atoms with van der Waals surface area (Å²) in [6.45, 7) is 3.15. The summed E-state index contributed by atoms with van der Waals surface area (Å²) in [6, 6.07) is 5.06. The topological polar surface area (TPSA) is 58.6 Å². The number of amides is 2. The van der Waals surface area contributed by atoms with E-state index in [9.17, 15) is 9.59 Å². The monoisotopic (exact) mass is 330 g/mol. The van der Waals surface area contributed by atoms with E-state index in [1.807, 2.05) is 13.0 Å². The van der Waals surface area contributed by atoms with Gasteiger partial charge in [0.2, 0.25) is 5.91 Å². The fourth-order valence-electron chi connectivity index (χ4n) is 2.04. The smallest absolute Gasteiger partial charge is 0.409 e. The largest absolute Gasteiger partial charge is 0.448 e. The summed E-state index contributed by atoms with van der Waals surface area (Å²) in [5.41, 5.74) is 0.873. The summed E-state index contributed by atoms with van der Waals surface area (Å²) < 4.78 is 4.80. The average Bonchev–Trinajstić information content (AvgIpc) is 2.85. The maximum absolute atomic E-state index is 11.9. The number of benzene rings is 1. The number of carbonyl (C=O) groups is 2. The van der Waals surface area contributed by atoms with Gasteiger partial charge >= 0.3 is 6.09 Å².